The number of urea groups is 1. The summed E-state index contributed by atoms with van der Waals surface area (Å²) in [6.07, 6.45) is 7.72. The molecule has 2 amide bonds. The van der Waals surface area contributed by atoms with Gasteiger partial charge in [-0.1, -0.05) is 30.3 Å². The number of nitrogens with zero attached hydrogens (tertiary/aromatic N) is 4. The van der Waals surface area contributed by atoms with Gasteiger partial charge in [-0.15, -0.1) is 0 Å². The number of imidazole rings is 1. The van der Waals surface area contributed by atoms with Crippen molar-refractivity contribution >= 4 is 6.03 Å². The first-order valence-corrected chi connectivity index (χ1v) is 8.17. The van der Waals surface area contributed by atoms with Crippen LogP contribution in [0.25, 0.3) is 11.6 Å². The molecule has 0 saturated heterocycles. The van der Waals surface area contributed by atoms with Gasteiger partial charge in [-0.05, 0) is 18.1 Å². The van der Waals surface area contributed by atoms with E-state index in [9.17, 15) is 4.79 Å². The lowest BCUT2D eigenvalue weighted by atomic mass is 10.1. The van der Waals surface area contributed by atoms with E-state index in [-0.39, 0.29) is 6.03 Å². The first kappa shape index (κ1) is 16.6. The second kappa shape index (κ2) is 8.58. The number of hydrogen-bond donors (Lipinski definition) is 2. The Morgan fingerprint density at radius 2 is 1.68 bits per heavy atom. The summed E-state index contributed by atoms with van der Waals surface area (Å²) in [7, 11) is 0. The Morgan fingerprint density at radius 3 is 2.48 bits per heavy atom. The van der Waals surface area contributed by atoms with Gasteiger partial charge in [0, 0.05) is 44.4 Å². The lowest BCUT2D eigenvalue weighted by Crippen LogP contribution is -2.38. The third-order valence-corrected chi connectivity index (χ3v) is 3.66. The highest BCUT2D eigenvalue weighted by Crippen LogP contribution is 2.10. The monoisotopic (exact) mass is 336 g/mol. The highest BCUT2D eigenvalue weighted by molar-refractivity contribution is 5.73. The lowest BCUT2D eigenvalue weighted by molar-refractivity contribution is 0.240. The topological polar surface area (TPSA) is 84.7 Å². The van der Waals surface area contributed by atoms with Crippen LogP contribution in [0.15, 0.2) is 61.2 Å². The van der Waals surface area contributed by atoms with Gasteiger partial charge in [-0.2, -0.15) is 0 Å². The molecule has 0 atom stereocenters. The average molecular weight is 336 g/mol. The van der Waals surface area contributed by atoms with Crippen LogP contribution in [0.1, 0.15) is 5.56 Å². The van der Waals surface area contributed by atoms with Crippen LogP contribution in [0.5, 0.6) is 0 Å². The molecule has 2 aromatic heterocycles. The van der Waals surface area contributed by atoms with Gasteiger partial charge in [0.15, 0.2) is 11.6 Å². The molecule has 3 aromatic rings. The molecule has 128 valence electrons. The smallest absolute Gasteiger partial charge is 0.314 e. The number of benzene rings is 1. The molecule has 0 saturated carbocycles. The van der Waals surface area contributed by atoms with Gasteiger partial charge >= 0.3 is 6.03 Å². The number of nitrogens with one attached hydrogen (secondary N) is 2. The molecule has 2 N–H and O–H groups in total. The van der Waals surface area contributed by atoms with Gasteiger partial charge < -0.3 is 15.2 Å². The minimum absolute atomic E-state index is 0.173. The van der Waals surface area contributed by atoms with Crippen molar-refractivity contribution in [3.63, 3.8) is 0 Å². The minimum atomic E-state index is -0.173. The number of rotatable bonds is 7. The molecular formula is C18H20N6O. The van der Waals surface area contributed by atoms with Crippen molar-refractivity contribution in [2.45, 2.75) is 13.0 Å². The standard InChI is InChI=1S/C18H20N6O/c25-18(22-10-7-15-5-2-1-3-6-15)23-12-14-24-13-11-21-17(24)16-19-8-4-9-20-16/h1-6,8-9,11,13H,7,10,12,14H2,(H2,22,23,25). The number of amides is 2. The van der Waals surface area contributed by atoms with E-state index in [1.54, 1.807) is 24.7 Å². The van der Waals surface area contributed by atoms with E-state index in [1.807, 2.05) is 41.1 Å². The summed E-state index contributed by atoms with van der Waals surface area (Å²) >= 11 is 0. The number of aromatic nitrogens is 4. The van der Waals surface area contributed by atoms with Gasteiger partial charge in [0.25, 0.3) is 0 Å². The highest BCUT2D eigenvalue weighted by Gasteiger charge is 2.08. The summed E-state index contributed by atoms with van der Waals surface area (Å²) in [5.41, 5.74) is 1.20. The van der Waals surface area contributed by atoms with Crippen LogP contribution in [0.4, 0.5) is 4.79 Å². The van der Waals surface area contributed by atoms with Crippen molar-refractivity contribution in [2.24, 2.45) is 0 Å². The Labute approximate surface area is 146 Å². The molecule has 0 radical (unpaired) electrons. The molecule has 25 heavy (non-hydrogen) atoms. The second-order valence-corrected chi connectivity index (χ2v) is 5.43. The van der Waals surface area contributed by atoms with Crippen molar-refractivity contribution in [3.8, 4) is 11.6 Å². The normalized spacial score (nSPS) is 10.4. The molecule has 0 unspecified atom stereocenters. The van der Waals surface area contributed by atoms with Crippen LogP contribution in [-0.2, 0) is 13.0 Å². The third kappa shape index (κ3) is 4.87. The maximum Gasteiger partial charge on any atom is 0.314 e. The Kier molecular flexibility index (Phi) is 5.71. The molecule has 7 nitrogen and oxygen atoms in total. The number of hydrogen-bond acceptors (Lipinski definition) is 4. The van der Waals surface area contributed by atoms with E-state index >= 15 is 0 Å². The fourth-order valence-electron chi connectivity index (χ4n) is 2.43. The number of carbonyl (C=O) groups excluding carboxylic acids is 1. The van der Waals surface area contributed by atoms with Gasteiger partial charge in [0.2, 0.25) is 0 Å². The summed E-state index contributed by atoms with van der Waals surface area (Å²) in [4.78, 5) is 24.5. The molecule has 7 heteroatoms. The van der Waals surface area contributed by atoms with Gasteiger partial charge in [0.1, 0.15) is 0 Å². The molecular weight excluding hydrogens is 316 g/mol. The van der Waals surface area contributed by atoms with Gasteiger partial charge in [0.05, 0.1) is 0 Å². The fraction of sp³-hybridized carbons (Fsp3) is 0.222. The molecule has 0 aliphatic heterocycles. The largest absolute Gasteiger partial charge is 0.338 e. The Bertz CT molecular complexity index is 788. The first-order valence-electron chi connectivity index (χ1n) is 8.17. The second-order valence-electron chi connectivity index (χ2n) is 5.43. The summed E-state index contributed by atoms with van der Waals surface area (Å²) in [6, 6.07) is 11.7. The summed E-state index contributed by atoms with van der Waals surface area (Å²) in [5.74, 6) is 1.26. The van der Waals surface area contributed by atoms with E-state index in [2.05, 4.69) is 25.6 Å². The summed E-state index contributed by atoms with van der Waals surface area (Å²) < 4.78 is 1.92. The van der Waals surface area contributed by atoms with Crippen molar-refractivity contribution in [1.82, 2.24) is 30.2 Å². The van der Waals surface area contributed by atoms with Crippen molar-refractivity contribution < 1.29 is 4.79 Å². The Morgan fingerprint density at radius 1 is 0.920 bits per heavy atom. The van der Waals surface area contributed by atoms with Crippen LogP contribution < -0.4 is 10.6 Å². The molecule has 1 aromatic carbocycles. The Balaban J connectivity index is 1.41. The predicted octanol–water partition coefficient (Wildman–Crippen LogP) is 1.88. The minimum Gasteiger partial charge on any atom is -0.338 e. The molecule has 0 aliphatic carbocycles. The summed E-state index contributed by atoms with van der Waals surface area (Å²) in [6.45, 7) is 1.69. The number of carbonyl (C=O) groups is 1. The SMILES string of the molecule is O=C(NCCc1ccccc1)NCCn1ccnc1-c1ncccn1. The van der Waals surface area contributed by atoms with Crippen molar-refractivity contribution in [2.75, 3.05) is 13.1 Å². The van der Waals surface area contributed by atoms with Crippen molar-refractivity contribution in [1.29, 1.82) is 0 Å². The van der Waals surface area contributed by atoms with Crippen LogP contribution >= 0.6 is 0 Å². The van der Waals surface area contributed by atoms with Crippen LogP contribution in [0.2, 0.25) is 0 Å². The Hall–Kier alpha value is -3.22. The molecule has 2 heterocycles. The maximum absolute atomic E-state index is 11.8. The van der Waals surface area contributed by atoms with E-state index in [0.29, 0.717) is 31.3 Å². The average Bonchev–Trinajstić information content (AvgIpc) is 3.12. The van der Waals surface area contributed by atoms with Crippen LogP contribution in [0, 0.1) is 0 Å². The molecule has 0 bridgehead atoms. The molecule has 3 rings (SSSR count). The quantitative estimate of drug-likeness (QED) is 0.690. The third-order valence-electron chi connectivity index (χ3n) is 3.66. The predicted molar refractivity (Wildman–Crippen MR) is 94.8 cm³/mol. The van der Waals surface area contributed by atoms with E-state index < -0.39 is 0 Å². The molecule has 0 spiro atoms. The zero-order valence-corrected chi connectivity index (χ0v) is 13.8. The fourth-order valence-corrected chi connectivity index (χ4v) is 2.43. The van der Waals surface area contributed by atoms with E-state index in [4.69, 9.17) is 0 Å². The van der Waals surface area contributed by atoms with E-state index in [1.165, 1.54) is 5.56 Å². The highest BCUT2D eigenvalue weighted by atomic mass is 16.2. The molecule has 0 fully saturated rings. The molecule has 0 aliphatic rings. The zero-order valence-electron chi connectivity index (χ0n) is 13.8. The van der Waals surface area contributed by atoms with Gasteiger partial charge in [-0.3, -0.25) is 0 Å². The van der Waals surface area contributed by atoms with Crippen LogP contribution in [0.3, 0.4) is 0 Å². The van der Waals surface area contributed by atoms with Crippen LogP contribution in [-0.4, -0.2) is 38.6 Å². The first-order chi connectivity index (χ1) is 12.3. The zero-order chi connectivity index (χ0) is 17.3. The lowest BCUT2D eigenvalue weighted by Gasteiger charge is -2.09. The maximum atomic E-state index is 11.8. The van der Waals surface area contributed by atoms with Gasteiger partial charge in [-0.25, -0.2) is 19.7 Å². The van der Waals surface area contributed by atoms with Crippen molar-refractivity contribution in [3.05, 3.63) is 66.7 Å². The summed E-state index contributed by atoms with van der Waals surface area (Å²) in [5, 5.41) is 5.70. The van der Waals surface area contributed by atoms with E-state index in [0.717, 1.165) is 6.42 Å².